The van der Waals surface area contributed by atoms with E-state index in [1.54, 1.807) is 30.3 Å². The molecule has 0 saturated heterocycles. The molecule has 1 aliphatic rings. The van der Waals surface area contributed by atoms with Crippen LogP contribution in [0.5, 0.6) is 5.95 Å². The number of ether oxygens (including phenoxy) is 1. The molecule has 0 aliphatic heterocycles. The second kappa shape index (κ2) is 14.9. The molecule has 0 N–H and O–H groups in total. The van der Waals surface area contributed by atoms with Gasteiger partial charge in [0, 0.05) is 18.4 Å². The summed E-state index contributed by atoms with van der Waals surface area (Å²) in [4.78, 5) is 38.5. The van der Waals surface area contributed by atoms with Gasteiger partial charge in [-0.3, -0.25) is 24.2 Å². The van der Waals surface area contributed by atoms with Gasteiger partial charge in [-0.25, -0.2) is 0 Å². The van der Waals surface area contributed by atoms with Gasteiger partial charge in [-0.2, -0.15) is 0 Å². The molecule has 218 valence electrons. The maximum absolute atomic E-state index is 13.5. The average molecular weight is 554 g/mol. The van der Waals surface area contributed by atoms with Gasteiger partial charge in [-0.05, 0) is 31.8 Å². The van der Waals surface area contributed by atoms with Crippen LogP contribution in [0.25, 0.3) is 11.6 Å². The van der Waals surface area contributed by atoms with E-state index in [1.165, 1.54) is 6.08 Å². The lowest BCUT2D eigenvalue weighted by atomic mass is 9.93. The second-order valence-electron chi connectivity index (χ2n) is 10.8. The summed E-state index contributed by atoms with van der Waals surface area (Å²) in [6.45, 7) is 11.4. The lowest BCUT2D eigenvalue weighted by Gasteiger charge is -2.44. The van der Waals surface area contributed by atoms with Crippen LogP contribution >= 0.6 is 0 Å². The third-order valence-electron chi connectivity index (χ3n) is 7.86. The van der Waals surface area contributed by atoms with E-state index in [0.29, 0.717) is 5.56 Å². The van der Waals surface area contributed by atoms with Gasteiger partial charge in [-0.1, -0.05) is 83.7 Å². The zero-order valence-corrected chi connectivity index (χ0v) is 24.6. The first-order valence-corrected chi connectivity index (χ1v) is 15.0. The monoisotopic (exact) mass is 553 g/mol. The largest absolute Gasteiger partial charge is 0.421 e. The number of carbonyl (C=O) groups is 2. The molecule has 0 saturated carbocycles. The highest BCUT2D eigenvalue weighted by Crippen LogP contribution is 2.31. The summed E-state index contributed by atoms with van der Waals surface area (Å²) in [5.74, 6) is -1.21. The van der Waals surface area contributed by atoms with Crippen LogP contribution in [0.4, 0.5) is 5.69 Å². The minimum Gasteiger partial charge on any atom is -0.421 e. The number of hydrogen-bond acceptors (Lipinski definition) is 6. The van der Waals surface area contributed by atoms with Crippen molar-refractivity contribution in [3.05, 3.63) is 56.6 Å². The molecule has 0 amide bonds. The van der Waals surface area contributed by atoms with Crippen molar-refractivity contribution < 1.29 is 28.1 Å². The fourth-order valence-electron chi connectivity index (χ4n) is 5.58. The third kappa shape index (κ3) is 7.08. The fourth-order valence-corrected chi connectivity index (χ4v) is 5.58. The molecule has 0 fully saturated rings. The van der Waals surface area contributed by atoms with Crippen molar-refractivity contribution in [2.45, 2.75) is 98.1 Å². The second-order valence-corrected chi connectivity index (χ2v) is 10.8. The summed E-state index contributed by atoms with van der Waals surface area (Å²) >= 11 is 0. The van der Waals surface area contributed by atoms with Crippen molar-refractivity contribution in [2.75, 3.05) is 19.6 Å². The van der Waals surface area contributed by atoms with Gasteiger partial charge in [0.05, 0.1) is 30.1 Å². The Morgan fingerprint density at radius 3 is 2.08 bits per heavy atom. The lowest BCUT2D eigenvalue weighted by Crippen LogP contribution is -2.59. The van der Waals surface area contributed by atoms with Crippen LogP contribution in [0.15, 0.2) is 34.7 Å². The molecule has 1 unspecified atom stereocenters. The third-order valence-corrected chi connectivity index (χ3v) is 7.86. The minimum atomic E-state index is -0.571. The number of fused-ring (bicyclic) bond motifs is 1. The van der Waals surface area contributed by atoms with Crippen LogP contribution in [0, 0.1) is 10.1 Å². The number of nitro groups is 1. The number of Topliss-reactive ketones (excluding diaryl/α,β-unsaturated/α-hetero) is 2. The molecule has 8 heteroatoms. The number of furan rings is 1. The predicted molar refractivity (Wildman–Crippen MR) is 156 cm³/mol. The molecule has 0 bridgehead atoms. The SMILES string of the molecule is CCCCC(Oc1oc2c(c1[N+](=O)[O-])=C(C(=O)c1ccccc1)C(=O)CC=2)[N+](CCCC)(CCCC)CCCC. The number of benzene rings is 1. The highest BCUT2D eigenvalue weighted by Gasteiger charge is 2.41. The van der Waals surface area contributed by atoms with Crippen LogP contribution in [0.1, 0.15) is 102 Å². The smallest absolute Gasteiger partial charge is 0.372 e. The number of ketones is 2. The van der Waals surface area contributed by atoms with E-state index < -0.39 is 22.2 Å². The van der Waals surface area contributed by atoms with E-state index in [9.17, 15) is 19.7 Å². The maximum Gasteiger partial charge on any atom is 0.372 e. The van der Waals surface area contributed by atoms with Crippen molar-refractivity contribution in [1.82, 2.24) is 0 Å². The molecule has 1 atom stereocenters. The number of carbonyl (C=O) groups excluding carboxylic acids is 2. The summed E-state index contributed by atoms with van der Waals surface area (Å²) in [6, 6.07) is 8.38. The molecule has 0 radical (unpaired) electrons. The molecule has 0 spiro atoms. The molecule has 1 heterocycles. The van der Waals surface area contributed by atoms with Crippen molar-refractivity contribution in [1.29, 1.82) is 0 Å². The Kier molecular flexibility index (Phi) is 11.7. The first-order valence-electron chi connectivity index (χ1n) is 15.0. The summed E-state index contributed by atoms with van der Waals surface area (Å²) in [5, 5.41) is 12.5. The van der Waals surface area contributed by atoms with Gasteiger partial charge in [0.15, 0.2) is 11.6 Å². The number of nitrogens with zero attached hydrogens (tertiary/aromatic N) is 2. The summed E-state index contributed by atoms with van der Waals surface area (Å²) < 4.78 is 13.3. The van der Waals surface area contributed by atoms with Crippen molar-refractivity contribution in [2.24, 2.45) is 0 Å². The lowest BCUT2D eigenvalue weighted by molar-refractivity contribution is -0.969. The number of rotatable bonds is 18. The van der Waals surface area contributed by atoms with Crippen molar-refractivity contribution >= 4 is 28.9 Å². The molecule has 2 aromatic rings. The van der Waals surface area contributed by atoms with Gasteiger partial charge >= 0.3 is 11.6 Å². The first kappa shape index (κ1) is 31.3. The highest BCUT2D eigenvalue weighted by molar-refractivity contribution is 6.46. The van der Waals surface area contributed by atoms with Gasteiger partial charge in [0.1, 0.15) is 10.6 Å². The quantitative estimate of drug-likeness (QED) is 0.0729. The van der Waals surface area contributed by atoms with E-state index >= 15 is 0 Å². The first-order chi connectivity index (χ1) is 19.3. The molecule has 8 nitrogen and oxygen atoms in total. The van der Waals surface area contributed by atoms with Crippen LogP contribution in [0.3, 0.4) is 0 Å². The van der Waals surface area contributed by atoms with Crippen LogP contribution in [-0.2, 0) is 4.79 Å². The minimum absolute atomic E-state index is 0.0617. The molecule has 1 aliphatic carbocycles. The zero-order valence-electron chi connectivity index (χ0n) is 24.6. The molecular formula is C32H45N2O6+. The van der Waals surface area contributed by atoms with Crippen LogP contribution in [0.2, 0.25) is 0 Å². The Balaban J connectivity index is 2.21. The van der Waals surface area contributed by atoms with E-state index in [4.69, 9.17) is 9.15 Å². The number of quaternary nitrogens is 1. The summed E-state index contributed by atoms with van der Waals surface area (Å²) in [5.41, 5.74) is -0.182. The molecule has 3 rings (SSSR count). The summed E-state index contributed by atoms with van der Waals surface area (Å²) in [7, 11) is 0. The van der Waals surface area contributed by atoms with Gasteiger partial charge in [0.2, 0.25) is 6.23 Å². The normalized spacial score (nSPS) is 14.0. The predicted octanol–water partition coefficient (Wildman–Crippen LogP) is 6.09. The number of hydrogen-bond donors (Lipinski definition) is 0. The molecule has 1 aromatic carbocycles. The van der Waals surface area contributed by atoms with E-state index in [2.05, 4.69) is 27.7 Å². The number of unbranched alkanes of at least 4 members (excludes halogenated alkanes) is 4. The Hall–Kier alpha value is -3.26. The standard InChI is InChI=1S/C32H45N2O6/c1-5-9-18-27(34(21-10-6-2,22-11-7-3)23-12-8-4)40-32-30(33(37)38)29-26(39-32)20-19-25(35)28(29)31(36)24-16-14-13-15-17-24/h13-17,20,27H,5-12,18-19,21-23H2,1-4H3/q+1. The molecular weight excluding hydrogens is 508 g/mol. The van der Waals surface area contributed by atoms with E-state index in [1.807, 2.05) is 0 Å². The van der Waals surface area contributed by atoms with Crippen molar-refractivity contribution in [3.8, 4) is 5.95 Å². The Labute approximate surface area is 237 Å². The molecule has 40 heavy (non-hydrogen) atoms. The van der Waals surface area contributed by atoms with Gasteiger partial charge in [-0.15, -0.1) is 0 Å². The maximum atomic E-state index is 13.5. The van der Waals surface area contributed by atoms with Crippen molar-refractivity contribution in [3.63, 3.8) is 0 Å². The fraction of sp³-hybridized carbons (Fsp3) is 0.562. The Morgan fingerprint density at radius 2 is 1.55 bits per heavy atom. The summed E-state index contributed by atoms with van der Waals surface area (Å²) in [6.07, 6.45) is 9.97. The van der Waals surface area contributed by atoms with Gasteiger partial charge in [0.25, 0.3) is 0 Å². The van der Waals surface area contributed by atoms with E-state index in [-0.39, 0.29) is 34.8 Å². The highest BCUT2D eigenvalue weighted by atomic mass is 16.6. The zero-order chi connectivity index (χ0) is 29.1. The Bertz CT molecular complexity index is 1260. The van der Waals surface area contributed by atoms with Crippen LogP contribution < -0.4 is 15.4 Å². The average Bonchev–Trinajstić information content (AvgIpc) is 3.33. The van der Waals surface area contributed by atoms with E-state index in [0.717, 1.165) is 81.9 Å². The van der Waals surface area contributed by atoms with Crippen LogP contribution in [-0.4, -0.2) is 46.8 Å². The van der Waals surface area contributed by atoms with Gasteiger partial charge < -0.3 is 9.15 Å². The molecule has 1 aromatic heterocycles. The topological polar surface area (TPSA) is 99.7 Å². The Morgan fingerprint density at radius 1 is 0.975 bits per heavy atom.